The Morgan fingerprint density at radius 1 is 0.926 bits per heavy atom. The maximum atomic E-state index is 12.8. The van der Waals surface area contributed by atoms with Crippen LogP contribution in [0.15, 0.2) is 54.7 Å². The molecule has 1 aromatic heterocycles. The van der Waals surface area contributed by atoms with Crippen molar-refractivity contribution in [3.8, 4) is 0 Å². The summed E-state index contributed by atoms with van der Waals surface area (Å²) in [5, 5.41) is 7.09. The number of nitrogens with one attached hydrogen (secondary N) is 2. The van der Waals surface area contributed by atoms with E-state index in [0.717, 1.165) is 10.9 Å². The number of fused-ring (bicyclic) bond motifs is 1. The molecule has 2 aromatic carbocycles. The van der Waals surface area contributed by atoms with Gasteiger partial charge in [-0.05, 0) is 50.6 Å². The fraction of sp³-hybridized carbons (Fsp3) is 0.190. The Morgan fingerprint density at radius 3 is 2.26 bits per heavy atom. The van der Waals surface area contributed by atoms with Crippen LogP contribution in [0.5, 0.6) is 0 Å². The molecule has 6 heteroatoms. The maximum absolute atomic E-state index is 12.8. The average molecular weight is 382 g/mol. The first kappa shape index (κ1) is 18.9. The van der Waals surface area contributed by atoms with Gasteiger partial charge in [0.25, 0.3) is 0 Å². The zero-order valence-corrected chi connectivity index (χ0v) is 16.1. The number of para-hydroxylation sites is 1. The molecule has 0 aliphatic carbocycles. The van der Waals surface area contributed by atoms with Gasteiger partial charge in [-0.1, -0.05) is 35.9 Å². The lowest BCUT2D eigenvalue weighted by molar-refractivity contribution is -0.135. The summed E-state index contributed by atoms with van der Waals surface area (Å²) < 4.78 is 0. The summed E-state index contributed by atoms with van der Waals surface area (Å²) in [7, 11) is 0. The molecule has 5 nitrogen and oxygen atoms in total. The highest BCUT2D eigenvalue weighted by atomic mass is 35.5. The molecule has 0 atom stereocenters. The maximum Gasteiger partial charge on any atom is 0.239 e. The average Bonchev–Trinajstić information content (AvgIpc) is 2.65. The molecule has 0 aliphatic rings. The minimum absolute atomic E-state index is 0.418. The van der Waals surface area contributed by atoms with Crippen molar-refractivity contribution in [2.45, 2.75) is 20.8 Å². The van der Waals surface area contributed by atoms with Gasteiger partial charge in [0.2, 0.25) is 11.8 Å². The standard InChI is InChI=1S/C21H20ClN3O2/c1-13-15(22)9-5-10-16(13)24-19(26)21(2,3)20(27)25-17-11-4-7-14-8-6-12-23-18(14)17/h4-12H,1-3H3,(H,24,26)(H,25,27). The minimum Gasteiger partial charge on any atom is -0.325 e. The van der Waals surface area contributed by atoms with E-state index in [2.05, 4.69) is 15.6 Å². The third kappa shape index (κ3) is 3.78. The lowest BCUT2D eigenvalue weighted by Gasteiger charge is -2.23. The number of nitrogens with zero attached hydrogens (tertiary/aromatic N) is 1. The molecular weight excluding hydrogens is 362 g/mol. The molecule has 0 bridgehead atoms. The smallest absolute Gasteiger partial charge is 0.239 e. The van der Waals surface area contributed by atoms with Crippen molar-refractivity contribution in [2.75, 3.05) is 10.6 Å². The fourth-order valence-corrected chi connectivity index (χ4v) is 2.78. The van der Waals surface area contributed by atoms with E-state index in [1.807, 2.05) is 31.2 Å². The summed E-state index contributed by atoms with van der Waals surface area (Å²) in [6.07, 6.45) is 1.66. The molecule has 3 aromatic rings. The van der Waals surface area contributed by atoms with Crippen LogP contribution in [0.4, 0.5) is 11.4 Å². The quantitative estimate of drug-likeness (QED) is 0.637. The predicted molar refractivity (Wildman–Crippen MR) is 109 cm³/mol. The third-order valence-electron chi connectivity index (χ3n) is 4.53. The van der Waals surface area contributed by atoms with Crippen LogP contribution in [0.25, 0.3) is 10.9 Å². The molecule has 0 saturated carbocycles. The van der Waals surface area contributed by atoms with Crippen molar-refractivity contribution in [1.29, 1.82) is 0 Å². The van der Waals surface area contributed by atoms with E-state index in [1.165, 1.54) is 0 Å². The molecule has 27 heavy (non-hydrogen) atoms. The number of rotatable bonds is 4. The molecule has 2 amide bonds. The lowest BCUT2D eigenvalue weighted by Crippen LogP contribution is -2.41. The number of carbonyl (C=O) groups is 2. The molecule has 0 aliphatic heterocycles. The van der Waals surface area contributed by atoms with Gasteiger partial charge < -0.3 is 10.6 Å². The van der Waals surface area contributed by atoms with Gasteiger partial charge in [-0.15, -0.1) is 0 Å². The Kier molecular flexibility index (Phi) is 5.15. The Hall–Kier alpha value is -2.92. The van der Waals surface area contributed by atoms with E-state index in [1.54, 1.807) is 44.3 Å². The number of anilines is 2. The van der Waals surface area contributed by atoms with Crippen LogP contribution < -0.4 is 10.6 Å². The summed E-state index contributed by atoms with van der Waals surface area (Å²) >= 11 is 6.10. The van der Waals surface area contributed by atoms with E-state index >= 15 is 0 Å². The van der Waals surface area contributed by atoms with Gasteiger partial charge in [0.05, 0.1) is 11.2 Å². The van der Waals surface area contributed by atoms with Crippen molar-refractivity contribution in [2.24, 2.45) is 5.41 Å². The van der Waals surface area contributed by atoms with E-state index in [0.29, 0.717) is 21.9 Å². The van der Waals surface area contributed by atoms with Gasteiger partial charge >= 0.3 is 0 Å². The molecule has 2 N–H and O–H groups in total. The summed E-state index contributed by atoms with van der Waals surface area (Å²) in [4.78, 5) is 29.9. The van der Waals surface area contributed by atoms with Crippen LogP contribution >= 0.6 is 11.6 Å². The van der Waals surface area contributed by atoms with Crippen molar-refractivity contribution in [1.82, 2.24) is 4.98 Å². The molecule has 0 fully saturated rings. The van der Waals surface area contributed by atoms with Crippen LogP contribution in [0, 0.1) is 12.3 Å². The first-order valence-corrected chi connectivity index (χ1v) is 8.90. The third-order valence-corrected chi connectivity index (χ3v) is 4.94. The number of aromatic nitrogens is 1. The summed E-state index contributed by atoms with van der Waals surface area (Å²) in [6, 6.07) is 14.5. The normalized spacial score (nSPS) is 11.3. The summed E-state index contributed by atoms with van der Waals surface area (Å²) in [6.45, 7) is 4.97. The van der Waals surface area contributed by atoms with E-state index in [-0.39, 0.29) is 0 Å². The molecule has 0 spiro atoms. The highest BCUT2D eigenvalue weighted by Crippen LogP contribution is 2.27. The fourth-order valence-electron chi connectivity index (χ4n) is 2.61. The van der Waals surface area contributed by atoms with Crippen molar-refractivity contribution < 1.29 is 9.59 Å². The molecule has 3 rings (SSSR count). The molecule has 1 heterocycles. The van der Waals surface area contributed by atoms with Gasteiger partial charge in [0.15, 0.2) is 0 Å². The predicted octanol–water partition coefficient (Wildman–Crippen LogP) is 4.80. The molecule has 0 unspecified atom stereocenters. The van der Waals surface area contributed by atoms with Crippen molar-refractivity contribution in [3.05, 3.63) is 65.3 Å². The van der Waals surface area contributed by atoms with E-state index in [9.17, 15) is 9.59 Å². The second kappa shape index (κ2) is 7.37. The number of halogens is 1. The van der Waals surface area contributed by atoms with Crippen LogP contribution in [-0.2, 0) is 9.59 Å². The number of hydrogen-bond donors (Lipinski definition) is 2. The van der Waals surface area contributed by atoms with Gasteiger partial charge in [-0.25, -0.2) is 0 Å². The highest BCUT2D eigenvalue weighted by molar-refractivity contribution is 6.31. The second-order valence-electron chi connectivity index (χ2n) is 6.83. The zero-order valence-electron chi connectivity index (χ0n) is 15.3. The Balaban J connectivity index is 1.82. The Bertz CT molecular complexity index is 1030. The molecular formula is C21H20ClN3O2. The van der Waals surface area contributed by atoms with Crippen LogP contribution in [0.2, 0.25) is 5.02 Å². The van der Waals surface area contributed by atoms with Gasteiger partial charge in [-0.2, -0.15) is 0 Å². The van der Waals surface area contributed by atoms with E-state index in [4.69, 9.17) is 11.6 Å². The van der Waals surface area contributed by atoms with Gasteiger partial charge in [0.1, 0.15) is 5.41 Å². The zero-order chi connectivity index (χ0) is 19.6. The monoisotopic (exact) mass is 381 g/mol. The summed E-state index contributed by atoms with van der Waals surface area (Å²) in [5.74, 6) is -0.837. The molecule has 138 valence electrons. The second-order valence-corrected chi connectivity index (χ2v) is 7.23. The summed E-state index contributed by atoms with van der Waals surface area (Å²) in [5.41, 5.74) is 1.28. The largest absolute Gasteiger partial charge is 0.325 e. The Morgan fingerprint density at radius 2 is 1.52 bits per heavy atom. The van der Waals surface area contributed by atoms with Crippen molar-refractivity contribution in [3.63, 3.8) is 0 Å². The highest BCUT2D eigenvalue weighted by Gasteiger charge is 2.36. The van der Waals surface area contributed by atoms with Crippen LogP contribution in [0.3, 0.4) is 0 Å². The van der Waals surface area contributed by atoms with Gasteiger partial charge in [0, 0.05) is 22.3 Å². The SMILES string of the molecule is Cc1c(Cl)cccc1NC(=O)C(C)(C)C(=O)Nc1cccc2cccnc12. The van der Waals surface area contributed by atoms with Crippen molar-refractivity contribution >= 4 is 45.7 Å². The first-order valence-electron chi connectivity index (χ1n) is 8.52. The number of amides is 2. The number of carbonyl (C=O) groups excluding carboxylic acids is 2. The first-order chi connectivity index (χ1) is 12.8. The molecule has 0 radical (unpaired) electrons. The number of hydrogen-bond acceptors (Lipinski definition) is 3. The Labute approximate surface area is 162 Å². The van der Waals surface area contributed by atoms with E-state index < -0.39 is 17.2 Å². The minimum atomic E-state index is -1.30. The van der Waals surface area contributed by atoms with Crippen LogP contribution in [0.1, 0.15) is 19.4 Å². The lowest BCUT2D eigenvalue weighted by atomic mass is 9.90. The number of benzene rings is 2. The topological polar surface area (TPSA) is 71.1 Å². The number of pyridine rings is 1. The van der Waals surface area contributed by atoms with Crippen LogP contribution in [-0.4, -0.2) is 16.8 Å². The molecule has 0 saturated heterocycles. The van der Waals surface area contributed by atoms with Gasteiger partial charge in [-0.3, -0.25) is 14.6 Å².